The molecule has 3 atom stereocenters. The molecule has 2 aromatic rings. The second-order valence-electron chi connectivity index (χ2n) is 10.6. The van der Waals surface area contributed by atoms with Gasteiger partial charge in [0.05, 0.1) is 5.60 Å². The summed E-state index contributed by atoms with van der Waals surface area (Å²) in [6.07, 6.45) is 1.03. The van der Waals surface area contributed by atoms with E-state index in [4.69, 9.17) is 9.47 Å². The second-order valence-corrected chi connectivity index (χ2v) is 10.6. The normalized spacial score (nSPS) is 17.5. The number of hydrogen-bond donors (Lipinski definition) is 3. The molecule has 9 nitrogen and oxygen atoms in total. The van der Waals surface area contributed by atoms with E-state index in [1.807, 2.05) is 0 Å². The molecule has 0 aliphatic carbocycles. The molecule has 1 aliphatic heterocycles. The molecule has 1 heterocycles. The largest absolute Gasteiger partial charge is 0.387 e. The van der Waals surface area contributed by atoms with Crippen molar-refractivity contribution < 1.29 is 34.1 Å². The van der Waals surface area contributed by atoms with Crippen molar-refractivity contribution in [2.75, 3.05) is 27.3 Å². The number of nitrogens with zero attached hydrogens (tertiary/aromatic N) is 1. The molecule has 0 aromatic heterocycles. The van der Waals surface area contributed by atoms with Crippen LogP contribution in [0.25, 0.3) is 0 Å². The van der Waals surface area contributed by atoms with Gasteiger partial charge in [-0.15, -0.1) is 0 Å². The van der Waals surface area contributed by atoms with E-state index in [0.717, 1.165) is 17.7 Å². The first-order valence-electron chi connectivity index (χ1n) is 13.3. The number of carbonyl (C=O) groups excluding carboxylic acids is 3. The fourth-order valence-corrected chi connectivity index (χ4v) is 4.26. The molecule has 2 amide bonds. The van der Waals surface area contributed by atoms with Crippen LogP contribution in [0.15, 0.2) is 48.5 Å². The van der Waals surface area contributed by atoms with Crippen LogP contribution in [0.5, 0.6) is 0 Å². The van der Waals surface area contributed by atoms with E-state index in [2.05, 4.69) is 17.2 Å². The Hall–Kier alpha value is -3.55. The number of likely N-dealkylation sites (N-methyl/N-ethyl adjacent to an activating group) is 2. The van der Waals surface area contributed by atoms with Gasteiger partial charge >= 0.3 is 0 Å². The van der Waals surface area contributed by atoms with Gasteiger partial charge in [-0.2, -0.15) is 0 Å². The molecule has 9 heteroatoms. The Morgan fingerprint density at radius 3 is 2.12 bits per heavy atom. The molecule has 3 N–H and O–H groups in total. The highest BCUT2D eigenvalue weighted by molar-refractivity contribution is 6.14. The first-order valence-corrected chi connectivity index (χ1v) is 13.3. The molecule has 2 aromatic carbocycles. The number of aliphatic hydroxyl groups is 2. The van der Waals surface area contributed by atoms with Gasteiger partial charge in [-0.1, -0.05) is 24.0 Å². The Balaban J connectivity index is 1.70. The van der Waals surface area contributed by atoms with E-state index in [9.17, 15) is 24.6 Å². The van der Waals surface area contributed by atoms with Crippen molar-refractivity contribution in [3.8, 4) is 11.8 Å². The van der Waals surface area contributed by atoms with Crippen molar-refractivity contribution in [2.24, 2.45) is 0 Å². The lowest BCUT2D eigenvalue weighted by Crippen LogP contribution is -2.62. The van der Waals surface area contributed by atoms with Crippen LogP contribution in [0, 0.1) is 11.8 Å². The molecule has 3 rings (SSSR count). The number of aliphatic hydroxyl groups excluding tert-OH is 1. The van der Waals surface area contributed by atoms with Gasteiger partial charge in [-0.3, -0.25) is 14.4 Å². The van der Waals surface area contributed by atoms with Gasteiger partial charge in [0, 0.05) is 37.4 Å². The lowest BCUT2D eigenvalue weighted by Gasteiger charge is -2.36. The third-order valence-electron chi connectivity index (χ3n) is 7.10. The van der Waals surface area contributed by atoms with Gasteiger partial charge in [0.2, 0.25) is 0 Å². The monoisotopic (exact) mass is 550 g/mol. The molecule has 2 unspecified atom stereocenters. The Kier molecular flexibility index (Phi) is 10.2. The number of benzene rings is 2. The zero-order chi connectivity index (χ0) is 29.5. The summed E-state index contributed by atoms with van der Waals surface area (Å²) in [4.78, 5) is 40.5. The standard InChI is InChI=1S/C31H38N2O7/c1-30(2,38)27(35)23-15-11-21(12-16-23)9-10-22-13-17-24(18-14-22)28(36)33(5)31(3,29(37)32-4)25(34)20-40-26-8-6-7-19-39-26/h11-18,26-27,35,38H,6-8,19-20H2,1-5H3,(H,32,37)/t26?,27?,31-/m1/s1. The third-order valence-corrected chi connectivity index (χ3v) is 7.10. The van der Waals surface area contributed by atoms with Crippen molar-refractivity contribution in [2.45, 2.75) is 63.6 Å². The average Bonchev–Trinajstić information content (AvgIpc) is 2.97. The number of Topliss-reactive ketones (excluding diaryl/α,β-unsaturated/α-hetero) is 1. The van der Waals surface area contributed by atoms with E-state index in [1.165, 1.54) is 34.9 Å². The van der Waals surface area contributed by atoms with Gasteiger partial charge in [0.1, 0.15) is 12.7 Å². The molecule has 1 saturated heterocycles. The Morgan fingerprint density at radius 1 is 1.05 bits per heavy atom. The zero-order valence-corrected chi connectivity index (χ0v) is 23.7. The van der Waals surface area contributed by atoms with Crippen molar-refractivity contribution in [1.82, 2.24) is 10.2 Å². The van der Waals surface area contributed by atoms with Crippen LogP contribution in [0.2, 0.25) is 0 Å². The second kappa shape index (κ2) is 13.2. The fraction of sp³-hybridized carbons (Fsp3) is 0.452. The Morgan fingerprint density at radius 2 is 1.62 bits per heavy atom. The average molecular weight is 551 g/mol. The number of rotatable bonds is 9. The van der Waals surface area contributed by atoms with Crippen LogP contribution in [-0.2, 0) is 19.1 Å². The van der Waals surface area contributed by atoms with Crippen molar-refractivity contribution in [3.63, 3.8) is 0 Å². The zero-order valence-electron chi connectivity index (χ0n) is 23.7. The molecule has 0 spiro atoms. The minimum Gasteiger partial charge on any atom is -0.387 e. The van der Waals surface area contributed by atoms with E-state index in [-0.39, 0.29) is 12.2 Å². The SMILES string of the molecule is CNC(=O)[C@@](C)(C(=O)COC1CCCCO1)N(C)C(=O)c1ccc(C#Cc2ccc(C(O)C(C)(C)O)cc2)cc1. The molecule has 0 radical (unpaired) electrons. The first kappa shape index (κ1) is 31.0. The molecular formula is C31H38N2O7. The molecule has 40 heavy (non-hydrogen) atoms. The highest BCUT2D eigenvalue weighted by Crippen LogP contribution is 2.25. The summed E-state index contributed by atoms with van der Waals surface area (Å²) >= 11 is 0. The number of ether oxygens (including phenoxy) is 2. The van der Waals surface area contributed by atoms with Crippen molar-refractivity contribution in [3.05, 3.63) is 70.8 Å². The number of carbonyl (C=O) groups is 3. The van der Waals surface area contributed by atoms with Crippen LogP contribution >= 0.6 is 0 Å². The fourth-order valence-electron chi connectivity index (χ4n) is 4.26. The number of hydrogen-bond acceptors (Lipinski definition) is 7. The van der Waals surface area contributed by atoms with Crippen LogP contribution in [-0.4, -0.2) is 77.4 Å². The topological polar surface area (TPSA) is 125 Å². The maximum atomic E-state index is 13.3. The lowest BCUT2D eigenvalue weighted by atomic mass is 9.92. The summed E-state index contributed by atoms with van der Waals surface area (Å²) in [5, 5.41) is 22.7. The highest BCUT2D eigenvalue weighted by Gasteiger charge is 2.46. The maximum absolute atomic E-state index is 13.3. The van der Waals surface area contributed by atoms with Gasteiger partial charge < -0.3 is 29.9 Å². The van der Waals surface area contributed by atoms with Gasteiger partial charge in [0.25, 0.3) is 11.8 Å². The van der Waals surface area contributed by atoms with E-state index in [0.29, 0.717) is 29.7 Å². The molecule has 1 fully saturated rings. The molecule has 214 valence electrons. The predicted molar refractivity (Wildman–Crippen MR) is 149 cm³/mol. The Labute approximate surface area is 235 Å². The number of nitrogens with one attached hydrogen (secondary N) is 1. The molecule has 0 bridgehead atoms. The minimum absolute atomic E-state index is 0.289. The summed E-state index contributed by atoms with van der Waals surface area (Å²) in [6, 6.07) is 13.5. The van der Waals surface area contributed by atoms with Crippen LogP contribution < -0.4 is 5.32 Å². The lowest BCUT2D eigenvalue weighted by molar-refractivity contribution is -0.174. The van der Waals surface area contributed by atoms with Crippen molar-refractivity contribution in [1.29, 1.82) is 0 Å². The molecule has 0 saturated carbocycles. The minimum atomic E-state index is -1.79. The van der Waals surface area contributed by atoms with Gasteiger partial charge in [-0.25, -0.2) is 0 Å². The predicted octanol–water partition coefficient (Wildman–Crippen LogP) is 2.58. The van der Waals surface area contributed by atoms with E-state index in [1.54, 1.807) is 48.5 Å². The van der Waals surface area contributed by atoms with Gasteiger partial charge in [0.15, 0.2) is 17.6 Å². The van der Waals surface area contributed by atoms with Crippen LogP contribution in [0.1, 0.15) is 73.2 Å². The summed E-state index contributed by atoms with van der Waals surface area (Å²) in [5.41, 5.74) is -0.801. The molecule has 1 aliphatic rings. The number of amides is 2. The van der Waals surface area contributed by atoms with Gasteiger partial charge in [-0.05, 0) is 82.0 Å². The van der Waals surface area contributed by atoms with E-state index >= 15 is 0 Å². The van der Waals surface area contributed by atoms with Crippen molar-refractivity contribution >= 4 is 17.6 Å². The van der Waals surface area contributed by atoms with Crippen LogP contribution in [0.3, 0.4) is 0 Å². The summed E-state index contributed by atoms with van der Waals surface area (Å²) in [5.74, 6) is 4.37. The summed E-state index contributed by atoms with van der Waals surface area (Å²) in [6.45, 7) is 4.68. The third kappa shape index (κ3) is 7.34. The van der Waals surface area contributed by atoms with Crippen LogP contribution in [0.4, 0.5) is 0 Å². The Bertz CT molecular complexity index is 1250. The van der Waals surface area contributed by atoms with E-state index < -0.39 is 41.1 Å². The number of ketones is 1. The summed E-state index contributed by atoms with van der Waals surface area (Å²) in [7, 11) is 2.83. The summed E-state index contributed by atoms with van der Waals surface area (Å²) < 4.78 is 11.1. The highest BCUT2D eigenvalue weighted by atomic mass is 16.7. The maximum Gasteiger partial charge on any atom is 0.254 e. The first-order chi connectivity index (χ1) is 18.9. The molecular weight excluding hydrogens is 512 g/mol. The quantitative estimate of drug-likeness (QED) is 0.324. The smallest absolute Gasteiger partial charge is 0.254 e.